The SMILES string of the molecule is CC(=O)O.CCc1c(-c2ccc(C3CNC(=O)C3)cc2)cnn1C. The molecule has 128 valence electrons. The van der Waals surface area contributed by atoms with E-state index in [1.807, 2.05) is 17.9 Å². The highest BCUT2D eigenvalue weighted by atomic mass is 16.4. The Morgan fingerprint density at radius 2 is 2.00 bits per heavy atom. The van der Waals surface area contributed by atoms with Crippen LogP contribution in [0.3, 0.4) is 0 Å². The summed E-state index contributed by atoms with van der Waals surface area (Å²) < 4.78 is 1.93. The number of carbonyl (C=O) groups is 2. The number of hydrogen-bond acceptors (Lipinski definition) is 3. The summed E-state index contributed by atoms with van der Waals surface area (Å²) in [4.78, 5) is 20.3. The Labute approximate surface area is 141 Å². The summed E-state index contributed by atoms with van der Waals surface area (Å²) in [7, 11) is 1.98. The Morgan fingerprint density at radius 1 is 1.38 bits per heavy atom. The molecule has 0 bridgehead atoms. The number of nitrogens with zero attached hydrogens (tertiary/aromatic N) is 2. The number of amides is 1. The monoisotopic (exact) mass is 329 g/mol. The number of nitrogens with one attached hydrogen (secondary N) is 1. The van der Waals surface area contributed by atoms with Crippen molar-refractivity contribution in [2.75, 3.05) is 6.54 Å². The van der Waals surface area contributed by atoms with Gasteiger partial charge in [-0.2, -0.15) is 5.10 Å². The first-order valence-corrected chi connectivity index (χ1v) is 7.99. The Kier molecular flexibility index (Phi) is 5.73. The van der Waals surface area contributed by atoms with Gasteiger partial charge < -0.3 is 10.4 Å². The molecule has 1 unspecified atom stereocenters. The summed E-state index contributed by atoms with van der Waals surface area (Å²) in [6.07, 6.45) is 3.50. The fourth-order valence-electron chi connectivity index (χ4n) is 2.90. The summed E-state index contributed by atoms with van der Waals surface area (Å²) in [5.74, 6) is -0.365. The van der Waals surface area contributed by atoms with Crippen LogP contribution in [0.25, 0.3) is 11.1 Å². The standard InChI is InChI=1S/C16H19N3O.C2H4O2/c1-3-15-14(10-18-19(15)2)12-6-4-11(5-7-12)13-8-16(20)17-9-13;1-2(3)4/h4-7,10,13H,3,8-9H2,1-2H3,(H,17,20);1H3,(H,3,4). The maximum atomic E-state index is 11.3. The minimum Gasteiger partial charge on any atom is -0.481 e. The zero-order valence-corrected chi connectivity index (χ0v) is 14.2. The van der Waals surface area contributed by atoms with Crippen molar-refractivity contribution in [3.05, 3.63) is 41.7 Å². The van der Waals surface area contributed by atoms with Gasteiger partial charge in [-0.1, -0.05) is 31.2 Å². The summed E-state index contributed by atoms with van der Waals surface area (Å²) in [6.45, 7) is 3.98. The molecule has 2 aromatic rings. The average molecular weight is 329 g/mol. The predicted molar refractivity (Wildman–Crippen MR) is 91.7 cm³/mol. The van der Waals surface area contributed by atoms with Gasteiger partial charge in [0.2, 0.25) is 5.91 Å². The molecular weight excluding hydrogens is 306 g/mol. The van der Waals surface area contributed by atoms with Gasteiger partial charge in [-0.15, -0.1) is 0 Å². The van der Waals surface area contributed by atoms with Gasteiger partial charge in [0, 0.05) is 44.1 Å². The summed E-state index contributed by atoms with van der Waals surface area (Å²) in [5, 5.41) is 14.6. The Morgan fingerprint density at radius 3 is 2.50 bits per heavy atom. The minimum atomic E-state index is -0.833. The first-order chi connectivity index (χ1) is 11.4. The molecule has 6 heteroatoms. The fraction of sp³-hybridized carbons (Fsp3) is 0.389. The molecule has 1 amide bonds. The maximum Gasteiger partial charge on any atom is 0.300 e. The third kappa shape index (κ3) is 4.22. The van der Waals surface area contributed by atoms with Crippen LogP contribution in [0.1, 0.15) is 37.4 Å². The summed E-state index contributed by atoms with van der Waals surface area (Å²) in [5.41, 5.74) is 4.86. The molecule has 24 heavy (non-hydrogen) atoms. The molecule has 1 fully saturated rings. The molecule has 1 atom stereocenters. The second-order valence-electron chi connectivity index (χ2n) is 5.83. The number of aliphatic carboxylic acids is 1. The van der Waals surface area contributed by atoms with Gasteiger partial charge in [-0.25, -0.2) is 0 Å². The van der Waals surface area contributed by atoms with Gasteiger partial charge in [-0.3, -0.25) is 14.3 Å². The second kappa shape index (κ2) is 7.77. The van der Waals surface area contributed by atoms with Crippen molar-refractivity contribution in [1.82, 2.24) is 15.1 Å². The van der Waals surface area contributed by atoms with Gasteiger partial charge in [0.15, 0.2) is 0 Å². The van der Waals surface area contributed by atoms with Crippen LogP contribution in [0.4, 0.5) is 0 Å². The van der Waals surface area contributed by atoms with E-state index < -0.39 is 5.97 Å². The van der Waals surface area contributed by atoms with E-state index >= 15 is 0 Å². The number of hydrogen-bond donors (Lipinski definition) is 2. The van der Waals surface area contributed by atoms with Gasteiger partial charge in [0.25, 0.3) is 5.97 Å². The third-order valence-electron chi connectivity index (χ3n) is 4.07. The number of carboxylic acids is 1. The van der Waals surface area contributed by atoms with E-state index in [0.29, 0.717) is 12.3 Å². The second-order valence-corrected chi connectivity index (χ2v) is 5.83. The first kappa shape index (κ1) is 17.7. The molecule has 0 saturated carbocycles. The molecule has 1 aromatic heterocycles. The molecule has 1 aliphatic heterocycles. The lowest BCUT2D eigenvalue weighted by Gasteiger charge is -2.09. The predicted octanol–water partition coefficient (Wildman–Crippen LogP) is 2.34. The zero-order valence-electron chi connectivity index (χ0n) is 14.2. The molecule has 1 aliphatic rings. The van der Waals surface area contributed by atoms with Crippen molar-refractivity contribution in [3.63, 3.8) is 0 Å². The van der Waals surface area contributed by atoms with Gasteiger partial charge in [0.1, 0.15) is 0 Å². The third-order valence-corrected chi connectivity index (χ3v) is 4.07. The number of rotatable bonds is 3. The minimum absolute atomic E-state index is 0.152. The number of carboxylic acid groups (broad SMARTS) is 1. The normalized spacial score (nSPS) is 16.3. The lowest BCUT2D eigenvalue weighted by atomic mass is 9.95. The van der Waals surface area contributed by atoms with Crippen LogP contribution in [0.2, 0.25) is 0 Å². The van der Waals surface area contributed by atoms with E-state index in [9.17, 15) is 4.79 Å². The first-order valence-electron chi connectivity index (χ1n) is 7.99. The molecule has 2 N–H and O–H groups in total. The molecule has 1 aromatic carbocycles. The van der Waals surface area contributed by atoms with Crippen LogP contribution in [0.15, 0.2) is 30.5 Å². The van der Waals surface area contributed by atoms with Crippen molar-refractivity contribution in [2.24, 2.45) is 7.05 Å². The van der Waals surface area contributed by atoms with E-state index in [-0.39, 0.29) is 5.91 Å². The number of carbonyl (C=O) groups excluding carboxylic acids is 1. The fourth-order valence-corrected chi connectivity index (χ4v) is 2.90. The molecule has 3 rings (SSSR count). The van der Waals surface area contributed by atoms with E-state index in [2.05, 4.69) is 41.6 Å². The molecular formula is C18H23N3O3. The van der Waals surface area contributed by atoms with Crippen molar-refractivity contribution >= 4 is 11.9 Å². The van der Waals surface area contributed by atoms with E-state index in [0.717, 1.165) is 19.9 Å². The van der Waals surface area contributed by atoms with Crippen molar-refractivity contribution < 1.29 is 14.7 Å². The number of benzene rings is 1. The Balaban J connectivity index is 0.000000471. The molecule has 0 aliphatic carbocycles. The summed E-state index contributed by atoms with van der Waals surface area (Å²) in [6, 6.07) is 8.53. The van der Waals surface area contributed by atoms with Crippen molar-refractivity contribution in [2.45, 2.75) is 32.6 Å². The maximum absolute atomic E-state index is 11.3. The largest absolute Gasteiger partial charge is 0.481 e. The quantitative estimate of drug-likeness (QED) is 0.905. The average Bonchev–Trinajstić information content (AvgIpc) is 3.12. The molecule has 1 saturated heterocycles. The summed E-state index contributed by atoms with van der Waals surface area (Å²) >= 11 is 0. The molecule has 6 nitrogen and oxygen atoms in total. The highest BCUT2D eigenvalue weighted by Gasteiger charge is 2.22. The van der Waals surface area contributed by atoms with Crippen molar-refractivity contribution in [1.29, 1.82) is 0 Å². The number of aryl methyl sites for hydroxylation is 1. The lowest BCUT2D eigenvalue weighted by molar-refractivity contribution is -0.134. The zero-order chi connectivity index (χ0) is 17.7. The van der Waals surface area contributed by atoms with Crippen LogP contribution < -0.4 is 5.32 Å². The van der Waals surface area contributed by atoms with Gasteiger partial charge in [-0.05, 0) is 17.5 Å². The van der Waals surface area contributed by atoms with E-state index in [1.54, 1.807) is 0 Å². The van der Waals surface area contributed by atoms with Crippen LogP contribution in [-0.2, 0) is 23.1 Å². The molecule has 0 spiro atoms. The van der Waals surface area contributed by atoms with Crippen LogP contribution >= 0.6 is 0 Å². The van der Waals surface area contributed by atoms with E-state index in [1.165, 1.54) is 22.4 Å². The Bertz CT molecular complexity index is 716. The van der Waals surface area contributed by atoms with E-state index in [4.69, 9.17) is 9.90 Å². The van der Waals surface area contributed by atoms with Gasteiger partial charge in [0.05, 0.1) is 6.20 Å². The lowest BCUT2D eigenvalue weighted by Crippen LogP contribution is -2.13. The van der Waals surface area contributed by atoms with Crippen LogP contribution in [0.5, 0.6) is 0 Å². The highest BCUT2D eigenvalue weighted by Crippen LogP contribution is 2.28. The topological polar surface area (TPSA) is 84.2 Å². The number of aromatic nitrogens is 2. The van der Waals surface area contributed by atoms with Gasteiger partial charge >= 0.3 is 0 Å². The molecule has 0 radical (unpaired) electrons. The smallest absolute Gasteiger partial charge is 0.300 e. The highest BCUT2D eigenvalue weighted by molar-refractivity contribution is 5.79. The van der Waals surface area contributed by atoms with Crippen LogP contribution in [0, 0.1) is 0 Å². The van der Waals surface area contributed by atoms with Crippen LogP contribution in [-0.4, -0.2) is 33.3 Å². The Hall–Kier alpha value is -2.63. The molecule has 2 heterocycles. The van der Waals surface area contributed by atoms with Crippen molar-refractivity contribution in [3.8, 4) is 11.1 Å².